The van der Waals surface area contributed by atoms with E-state index in [9.17, 15) is 0 Å². The largest absolute Gasteiger partial charge is 0.485 e. The molecule has 2 heteroatoms. The molecular formula is C47H49NO. The summed E-state index contributed by atoms with van der Waals surface area (Å²) in [6.07, 6.45) is 26.3. The second-order valence-corrected chi connectivity index (χ2v) is 14.9. The van der Waals surface area contributed by atoms with Gasteiger partial charge in [-0.25, -0.2) is 0 Å². The number of ether oxygens (including phenoxy) is 1. The van der Waals surface area contributed by atoms with Crippen LogP contribution in [0.2, 0.25) is 0 Å². The molecule has 0 N–H and O–H groups in total. The third-order valence-electron chi connectivity index (χ3n) is 11.6. The van der Waals surface area contributed by atoms with E-state index in [1.54, 1.807) is 0 Å². The third kappa shape index (κ3) is 5.06. The molecule has 1 aliphatic heterocycles. The summed E-state index contributed by atoms with van der Waals surface area (Å²) in [6.45, 7) is 18.4. The predicted octanol–water partition coefficient (Wildman–Crippen LogP) is 12.9. The molecule has 0 saturated heterocycles. The summed E-state index contributed by atoms with van der Waals surface area (Å²) in [5.41, 5.74) is 18.5. The van der Waals surface area contributed by atoms with E-state index in [2.05, 4.69) is 144 Å². The third-order valence-corrected chi connectivity index (χ3v) is 11.6. The van der Waals surface area contributed by atoms with Crippen LogP contribution in [0.3, 0.4) is 0 Å². The number of aryl methyl sites for hydroxylation is 3. The Morgan fingerprint density at radius 1 is 0.918 bits per heavy atom. The standard InChI is InChI=1S/C47H49NO/c1-8-15-33-21-22-34-24-31(6)40(27-37(33)34)48-39(9-2)45(43-28(3)16-11-10-12-17-29(43)4)38-26-35(25-32(7)47(38)48)44-30(5)20-23-42-46(44)36-18-13-14-19-41(36)49-42/h9,11,13-14,16,18-27,29,33,36,41H,2,8,10,12,15,17H2,1,3-7H3/b16-11+,43-28+. The number of rotatable bonds is 6. The van der Waals surface area contributed by atoms with Crippen molar-refractivity contribution in [3.8, 4) is 22.6 Å². The Bertz CT molecular complexity index is 2180. The SMILES string of the molecule is C=Cc1c(/C2=C(C)/C=C/CCCC2C)c2cc(-c3c(C)ccc4c3C3C=CC=CC3O4)cc(C)c2n1-c1cc2c(cc1C)C=CC2CCC. The molecule has 2 nitrogen and oxygen atoms in total. The van der Waals surface area contributed by atoms with Gasteiger partial charge in [0.1, 0.15) is 11.9 Å². The normalized spacial score (nSPS) is 24.4. The van der Waals surface area contributed by atoms with Crippen LogP contribution in [0.4, 0.5) is 0 Å². The van der Waals surface area contributed by atoms with Crippen LogP contribution in [0.25, 0.3) is 45.4 Å². The summed E-state index contributed by atoms with van der Waals surface area (Å²) in [7, 11) is 0. The van der Waals surface area contributed by atoms with Crippen molar-refractivity contribution in [3.05, 3.63) is 136 Å². The molecule has 3 aliphatic carbocycles. The maximum Gasteiger partial charge on any atom is 0.128 e. The topological polar surface area (TPSA) is 14.2 Å². The van der Waals surface area contributed by atoms with E-state index in [1.807, 2.05) is 0 Å². The van der Waals surface area contributed by atoms with Gasteiger partial charge in [0.15, 0.2) is 0 Å². The first kappa shape index (κ1) is 31.7. The minimum atomic E-state index is 0.0542. The summed E-state index contributed by atoms with van der Waals surface area (Å²) in [5, 5.41) is 1.31. The second kappa shape index (κ2) is 12.4. The molecule has 0 radical (unpaired) electrons. The molecule has 0 spiro atoms. The van der Waals surface area contributed by atoms with Gasteiger partial charge in [-0.2, -0.15) is 0 Å². The Labute approximate surface area is 292 Å². The smallest absolute Gasteiger partial charge is 0.128 e. The molecule has 4 aromatic rings. The average molecular weight is 644 g/mol. The first-order valence-corrected chi connectivity index (χ1v) is 18.5. The zero-order chi connectivity index (χ0) is 34.0. The number of fused-ring (bicyclic) bond motifs is 5. The lowest BCUT2D eigenvalue weighted by Gasteiger charge is -2.22. The van der Waals surface area contributed by atoms with Crippen LogP contribution in [0.1, 0.15) is 109 Å². The lowest BCUT2D eigenvalue weighted by Crippen LogP contribution is -2.15. The van der Waals surface area contributed by atoms with Crippen molar-refractivity contribution in [2.75, 3.05) is 0 Å². The number of hydrogen-bond donors (Lipinski definition) is 0. The molecule has 49 heavy (non-hydrogen) atoms. The second-order valence-electron chi connectivity index (χ2n) is 14.9. The summed E-state index contributed by atoms with van der Waals surface area (Å²) < 4.78 is 9.07. The van der Waals surface area contributed by atoms with Crippen molar-refractivity contribution < 1.29 is 4.74 Å². The first-order chi connectivity index (χ1) is 23.8. The zero-order valence-electron chi connectivity index (χ0n) is 30.1. The Morgan fingerprint density at radius 2 is 1.76 bits per heavy atom. The van der Waals surface area contributed by atoms with Crippen molar-refractivity contribution >= 4 is 28.6 Å². The van der Waals surface area contributed by atoms with Crippen molar-refractivity contribution in [2.45, 2.75) is 91.6 Å². The lowest BCUT2D eigenvalue weighted by atomic mass is 9.82. The van der Waals surface area contributed by atoms with Gasteiger partial charge >= 0.3 is 0 Å². The highest BCUT2D eigenvalue weighted by atomic mass is 16.5. The van der Waals surface area contributed by atoms with Crippen molar-refractivity contribution in [2.24, 2.45) is 5.92 Å². The van der Waals surface area contributed by atoms with Gasteiger partial charge in [0.05, 0.1) is 11.2 Å². The molecule has 8 rings (SSSR count). The predicted molar refractivity (Wildman–Crippen MR) is 210 cm³/mol. The Kier molecular flexibility index (Phi) is 8.02. The first-order valence-electron chi connectivity index (χ1n) is 18.5. The van der Waals surface area contributed by atoms with Crippen molar-refractivity contribution in [3.63, 3.8) is 0 Å². The van der Waals surface area contributed by atoms with Gasteiger partial charge in [-0.1, -0.05) is 75.4 Å². The fourth-order valence-electron chi connectivity index (χ4n) is 9.34. The van der Waals surface area contributed by atoms with E-state index in [1.165, 1.54) is 109 Å². The molecule has 4 unspecified atom stereocenters. The monoisotopic (exact) mass is 643 g/mol. The summed E-state index contributed by atoms with van der Waals surface area (Å²) >= 11 is 0. The van der Waals surface area contributed by atoms with Crippen LogP contribution in [-0.2, 0) is 0 Å². The van der Waals surface area contributed by atoms with Crippen LogP contribution in [-0.4, -0.2) is 10.7 Å². The number of hydrogen-bond acceptors (Lipinski definition) is 1. The van der Waals surface area contributed by atoms with Gasteiger partial charge < -0.3 is 9.30 Å². The molecule has 0 amide bonds. The van der Waals surface area contributed by atoms with Gasteiger partial charge in [-0.15, -0.1) is 0 Å². The highest BCUT2D eigenvalue weighted by Gasteiger charge is 2.36. The summed E-state index contributed by atoms with van der Waals surface area (Å²) in [4.78, 5) is 0. The number of allylic oxidation sites excluding steroid dienone is 7. The molecule has 0 fully saturated rings. The molecular weight excluding hydrogens is 595 g/mol. The molecule has 3 aromatic carbocycles. The van der Waals surface area contributed by atoms with Gasteiger partial charge in [-0.3, -0.25) is 0 Å². The maximum atomic E-state index is 6.52. The highest BCUT2D eigenvalue weighted by Crippen LogP contribution is 2.50. The van der Waals surface area contributed by atoms with Gasteiger partial charge in [0.2, 0.25) is 0 Å². The van der Waals surface area contributed by atoms with Crippen LogP contribution >= 0.6 is 0 Å². The van der Waals surface area contributed by atoms with Crippen LogP contribution in [0.5, 0.6) is 5.75 Å². The van der Waals surface area contributed by atoms with E-state index >= 15 is 0 Å². The van der Waals surface area contributed by atoms with E-state index in [0.29, 0.717) is 11.8 Å². The zero-order valence-corrected chi connectivity index (χ0v) is 30.1. The van der Waals surface area contributed by atoms with Crippen LogP contribution < -0.4 is 4.74 Å². The Balaban J connectivity index is 1.45. The molecule has 248 valence electrons. The summed E-state index contributed by atoms with van der Waals surface area (Å²) in [5.74, 6) is 2.13. The minimum Gasteiger partial charge on any atom is -0.485 e. The summed E-state index contributed by atoms with van der Waals surface area (Å²) in [6, 6.07) is 14.2. The number of nitrogens with zero attached hydrogens (tertiary/aromatic N) is 1. The van der Waals surface area contributed by atoms with E-state index in [4.69, 9.17) is 4.74 Å². The molecule has 1 aromatic heterocycles. The van der Waals surface area contributed by atoms with E-state index < -0.39 is 0 Å². The van der Waals surface area contributed by atoms with Gasteiger partial charge in [-0.05, 0) is 152 Å². The highest BCUT2D eigenvalue weighted by molar-refractivity contribution is 6.03. The molecule has 0 saturated carbocycles. The van der Waals surface area contributed by atoms with Crippen molar-refractivity contribution in [1.82, 2.24) is 4.57 Å². The quantitative estimate of drug-likeness (QED) is 0.204. The van der Waals surface area contributed by atoms with Crippen molar-refractivity contribution in [1.29, 1.82) is 0 Å². The fourth-order valence-corrected chi connectivity index (χ4v) is 9.34. The van der Waals surface area contributed by atoms with Crippen LogP contribution in [0.15, 0.2) is 91.1 Å². The van der Waals surface area contributed by atoms with Gasteiger partial charge in [0.25, 0.3) is 0 Å². The molecule has 4 aliphatic rings. The minimum absolute atomic E-state index is 0.0542. The van der Waals surface area contributed by atoms with Crippen LogP contribution in [0, 0.1) is 26.7 Å². The molecule has 0 bridgehead atoms. The molecule has 4 atom stereocenters. The number of aromatic nitrogens is 1. The van der Waals surface area contributed by atoms with E-state index in [0.717, 1.165) is 12.2 Å². The Morgan fingerprint density at radius 3 is 2.57 bits per heavy atom. The lowest BCUT2D eigenvalue weighted by molar-refractivity contribution is 0.269. The maximum absolute atomic E-state index is 6.52. The number of benzene rings is 3. The average Bonchev–Trinajstić information content (AvgIpc) is 3.75. The van der Waals surface area contributed by atoms with Gasteiger partial charge in [0, 0.05) is 34.0 Å². The Hall–Kier alpha value is -4.56. The molecule has 2 heterocycles. The van der Waals surface area contributed by atoms with E-state index in [-0.39, 0.29) is 12.0 Å². The fraction of sp³-hybridized carbons (Fsp3) is 0.319.